The van der Waals surface area contributed by atoms with Crippen molar-refractivity contribution in [3.8, 4) is 0 Å². The maximum atomic E-state index is 12.2. The molecule has 0 unspecified atom stereocenters. The highest BCUT2D eigenvalue weighted by molar-refractivity contribution is 6.02. The third kappa shape index (κ3) is 2.72. The van der Waals surface area contributed by atoms with Crippen LogP contribution in [0.1, 0.15) is 18.1 Å². The van der Waals surface area contributed by atoms with E-state index >= 15 is 0 Å². The molecule has 1 aromatic carbocycles. The summed E-state index contributed by atoms with van der Waals surface area (Å²) in [7, 11) is 1.82. The van der Waals surface area contributed by atoms with Gasteiger partial charge in [0.2, 0.25) is 11.8 Å². The van der Waals surface area contributed by atoms with Crippen LogP contribution in [-0.2, 0) is 29.5 Å². The van der Waals surface area contributed by atoms with Gasteiger partial charge in [-0.15, -0.1) is 0 Å². The summed E-state index contributed by atoms with van der Waals surface area (Å²) < 4.78 is 1.67. The largest absolute Gasteiger partial charge is 0.324 e. The molecule has 0 fully saturated rings. The Morgan fingerprint density at radius 2 is 2.18 bits per heavy atom. The smallest absolute Gasteiger partial charge is 0.228 e. The first-order chi connectivity index (χ1) is 10.5. The first-order valence-electron chi connectivity index (χ1n) is 7.22. The van der Waals surface area contributed by atoms with Crippen LogP contribution in [0.25, 0.3) is 0 Å². The average Bonchev–Trinajstić information content (AvgIpc) is 3.05. The Balaban J connectivity index is 1.80. The minimum absolute atomic E-state index is 0.00675. The van der Waals surface area contributed by atoms with E-state index in [-0.39, 0.29) is 18.2 Å². The molecule has 1 N–H and O–H groups in total. The lowest BCUT2D eigenvalue weighted by atomic mass is 10.1. The summed E-state index contributed by atoms with van der Waals surface area (Å²) >= 11 is 0. The molecule has 1 aromatic heterocycles. The minimum atomic E-state index is -0.114. The zero-order valence-electron chi connectivity index (χ0n) is 12.7. The highest BCUT2D eigenvalue weighted by Crippen LogP contribution is 2.35. The number of nitrogens with one attached hydrogen (secondary N) is 1. The summed E-state index contributed by atoms with van der Waals surface area (Å²) in [6.07, 6.45) is 4.58. The van der Waals surface area contributed by atoms with Crippen molar-refractivity contribution in [3.05, 3.63) is 41.7 Å². The number of rotatable bonds is 3. The summed E-state index contributed by atoms with van der Waals surface area (Å²) in [5.41, 5.74) is 3.47. The normalized spacial score (nSPS) is 13.1. The lowest BCUT2D eigenvalue weighted by molar-refractivity contribution is -0.117. The van der Waals surface area contributed by atoms with Crippen LogP contribution in [0.5, 0.6) is 0 Å². The Labute approximate surface area is 128 Å². The van der Waals surface area contributed by atoms with Gasteiger partial charge in [0, 0.05) is 26.7 Å². The van der Waals surface area contributed by atoms with Gasteiger partial charge < -0.3 is 10.2 Å². The van der Waals surface area contributed by atoms with Crippen LogP contribution < -0.4 is 10.2 Å². The number of hydrogen-bond acceptors (Lipinski definition) is 3. The van der Waals surface area contributed by atoms with Gasteiger partial charge in [-0.1, -0.05) is 12.1 Å². The number of benzene rings is 1. The fourth-order valence-corrected chi connectivity index (χ4v) is 2.81. The van der Waals surface area contributed by atoms with E-state index in [1.165, 1.54) is 0 Å². The maximum Gasteiger partial charge on any atom is 0.228 e. The number of nitrogens with zero attached hydrogens (tertiary/aromatic N) is 3. The number of amides is 2. The number of para-hydroxylation sites is 1. The zero-order chi connectivity index (χ0) is 15.7. The molecule has 0 radical (unpaired) electrons. The third-order valence-corrected chi connectivity index (χ3v) is 3.77. The monoisotopic (exact) mass is 298 g/mol. The molecule has 0 bridgehead atoms. The van der Waals surface area contributed by atoms with Gasteiger partial charge in [0.15, 0.2) is 0 Å². The number of fused-ring (bicyclic) bond motifs is 1. The van der Waals surface area contributed by atoms with Gasteiger partial charge in [0.05, 0.1) is 24.0 Å². The van der Waals surface area contributed by atoms with Gasteiger partial charge >= 0.3 is 0 Å². The van der Waals surface area contributed by atoms with Crippen LogP contribution in [0.3, 0.4) is 0 Å². The number of hydrogen-bond donors (Lipinski definition) is 1. The number of carbonyl (C=O) groups is 2. The SMILES string of the molecule is CC(=O)N1CCc2cccc(NC(=O)Cc3cnn(C)c3)c21. The van der Waals surface area contributed by atoms with E-state index in [9.17, 15) is 9.59 Å². The molecule has 22 heavy (non-hydrogen) atoms. The molecule has 1 aliphatic heterocycles. The Morgan fingerprint density at radius 1 is 1.36 bits per heavy atom. The zero-order valence-corrected chi connectivity index (χ0v) is 12.7. The molecule has 0 saturated carbocycles. The molecule has 0 spiro atoms. The van der Waals surface area contributed by atoms with Crippen molar-refractivity contribution in [2.45, 2.75) is 19.8 Å². The first-order valence-corrected chi connectivity index (χ1v) is 7.22. The van der Waals surface area contributed by atoms with Crippen LogP contribution in [0.4, 0.5) is 11.4 Å². The van der Waals surface area contributed by atoms with Crippen molar-refractivity contribution in [2.24, 2.45) is 7.05 Å². The Bertz CT molecular complexity index is 735. The molecule has 1 aliphatic rings. The van der Waals surface area contributed by atoms with Crippen molar-refractivity contribution in [3.63, 3.8) is 0 Å². The highest BCUT2D eigenvalue weighted by Gasteiger charge is 2.25. The summed E-state index contributed by atoms with van der Waals surface area (Å²) in [6.45, 7) is 2.21. The number of carbonyl (C=O) groups excluding carboxylic acids is 2. The van der Waals surface area contributed by atoms with Crippen molar-refractivity contribution < 1.29 is 9.59 Å². The second-order valence-corrected chi connectivity index (χ2v) is 5.48. The molecule has 3 rings (SSSR count). The fraction of sp³-hybridized carbons (Fsp3) is 0.312. The first kappa shape index (κ1) is 14.3. The molecular formula is C16H18N4O2. The number of anilines is 2. The van der Waals surface area contributed by atoms with Gasteiger partial charge in [-0.05, 0) is 23.6 Å². The topological polar surface area (TPSA) is 67.2 Å². The van der Waals surface area contributed by atoms with Gasteiger partial charge in [0.1, 0.15) is 0 Å². The van der Waals surface area contributed by atoms with E-state index in [4.69, 9.17) is 0 Å². The molecule has 0 saturated heterocycles. The van der Waals surface area contributed by atoms with Crippen LogP contribution >= 0.6 is 0 Å². The van der Waals surface area contributed by atoms with E-state index in [0.717, 1.165) is 23.2 Å². The highest BCUT2D eigenvalue weighted by atomic mass is 16.2. The predicted octanol–water partition coefficient (Wildman–Crippen LogP) is 1.51. The van der Waals surface area contributed by atoms with Crippen LogP contribution in [0, 0.1) is 0 Å². The second kappa shape index (κ2) is 5.63. The summed E-state index contributed by atoms with van der Waals surface area (Å²) in [4.78, 5) is 25.7. The van der Waals surface area contributed by atoms with E-state index in [1.807, 2.05) is 31.4 Å². The molecule has 6 heteroatoms. The molecular weight excluding hydrogens is 280 g/mol. The molecule has 2 heterocycles. The third-order valence-electron chi connectivity index (χ3n) is 3.77. The van der Waals surface area contributed by atoms with Gasteiger partial charge in [0.25, 0.3) is 0 Å². The summed E-state index contributed by atoms with van der Waals surface area (Å²) in [5, 5.41) is 6.97. The fourth-order valence-electron chi connectivity index (χ4n) is 2.81. The second-order valence-electron chi connectivity index (χ2n) is 5.48. The standard InChI is InChI=1S/C16H18N4O2/c1-11(21)20-7-6-13-4-3-5-14(16(13)20)18-15(22)8-12-9-17-19(2)10-12/h3-5,9-10H,6-8H2,1-2H3,(H,18,22). The van der Waals surface area contributed by atoms with Crippen molar-refractivity contribution in [1.29, 1.82) is 0 Å². The van der Waals surface area contributed by atoms with E-state index in [2.05, 4.69) is 10.4 Å². The van der Waals surface area contributed by atoms with Crippen LogP contribution in [-0.4, -0.2) is 28.1 Å². The van der Waals surface area contributed by atoms with Crippen molar-refractivity contribution in [2.75, 3.05) is 16.8 Å². The Morgan fingerprint density at radius 3 is 2.86 bits per heavy atom. The van der Waals surface area contributed by atoms with E-state index in [0.29, 0.717) is 12.2 Å². The van der Waals surface area contributed by atoms with E-state index < -0.39 is 0 Å². The lowest BCUT2D eigenvalue weighted by Gasteiger charge is -2.19. The average molecular weight is 298 g/mol. The number of aryl methyl sites for hydroxylation is 1. The number of aromatic nitrogens is 2. The summed E-state index contributed by atoms with van der Waals surface area (Å²) in [6, 6.07) is 5.73. The summed E-state index contributed by atoms with van der Waals surface area (Å²) in [5.74, 6) is -0.121. The van der Waals surface area contributed by atoms with E-state index in [1.54, 1.807) is 22.7 Å². The molecule has 114 valence electrons. The van der Waals surface area contributed by atoms with Crippen molar-refractivity contribution >= 4 is 23.2 Å². The van der Waals surface area contributed by atoms with Crippen molar-refractivity contribution in [1.82, 2.24) is 9.78 Å². The maximum absolute atomic E-state index is 12.2. The van der Waals surface area contributed by atoms with Crippen LogP contribution in [0.15, 0.2) is 30.6 Å². The van der Waals surface area contributed by atoms with Gasteiger partial charge in [-0.2, -0.15) is 5.10 Å². The minimum Gasteiger partial charge on any atom is -0.324 e. The van der Waals surface area contributed by atoms with Crippen LogP contribution in [0.2, 0.25) is 0 Å². The predicted molar refractivity (Wildman–Crippen MR) is 83.7 cm³/mol. The van der Waals surface area contributed by atoms with Gasteiger partial charge in [-0.25, -0.2) is 0 Å². The molecule has 2 amide bonds. The lowest BCUT2D eigenvalue weighted by Crippen LogP contribution is -2.27. The molecule has 0 aliphatic carbocycles. The Hall–Kier alpha value is -2.63. The molecule has 2 aromatic rings. The molecule has 0 atom stereocenters. The van der Waals surface area contributed by atoms with Gasteiger partial charge in [-0.3, -0.25) is 14.3 Å². The quantitative estimate of drug-likeness (QED) is 0.934. The Kier molecular flexibility index (Phi) is 3.66. The molecule has 6 nitrogen and oxygen atoms in total.